The molecule has 1 heterocycles. The van der Waals surface area contributed by atoms with Crippen LogP contribution >= 0.6 is 0 Å². The maximum absolute atomic E-state index is 12.5. The van der Waals surface area contributed by atoms with E-state index < -0.39 is 11.4 Å². The van der Waals surface area contributed by atoms with Crippen LogP contribution in [0.15, 0.2) is 42.5 Å². The number of benzene rings is 2. The highest BCUT2D eigenvalue weighted by molar-refractivity contribution is 5.83. The maximum atomic E-state index is 12.5. The summed E-state index contributed by atoms with van der Waals surface area (Å²) < 4.78 is 0. The van der Waals surface area contributed by atoms with Crippen molar-refractivity contribution in [1.29, 1.82) is 0 Å². The largest absolute Gasteiger partial charge is 0.481 e. The van der Waals surface area contributed by atoms with Gasteiger partial charge in [-0.2, -0.15) is 0 Å². The molecule has 1 aliphatic heterocycles. The first-order valence-electron chi connectivity index (χ1n) is 8.82. The Morgan fingerprint density at radius 1 is 1.20 bits per heavy atom. The molecule has 2 aliphatic rings. The lowest BCUT2D eigenvalue weighted by molar-refractivity contribution is -0.149. The molecule has 2 aromatic rings. The standard InChI is InChI=1S/C20H22N2O3/c23-18(24)20-9-3-6-17(20)12-22(13-20)19(25)21-11-14-7-8-15-4-1-2-5-16(15)10-14/h1-2,4-5,7-8,10,17H,3,6,9,11-13H2,(H,21,25)(H,23,24)/t17-,20+/m0/s1. The fourth-order valence-corrected chi connectivity index (χ4v) is 4.43. The molecule has 0 bridgehead atoms. The van der Waals surface area contributed by atoms with E-state index in [1.165, 1.54) is 5.39 Å². The van der Waals surface area contributed by atoms with Crippen LogP contribution in [0.1, 0.15) is 24.8 Å². The first-order chi connectivity index (χ1) is 12.1. The molecule has 5 heteroatoms. The van der Waals surface area contributed by atoms with E-state index in [0.29, 0.717) is 26.1 Å². The second kappa shape index (κ2) is 6.06. The highest BCUT2D eigenvalue weighted by Crippen LogP contribution is 2.48. The number of rotatable bonds is 3. The molecule has 1 aliphatic carbocycles. The molecule has 5 nitrogen and oxygen atoms in total. The van der Waals surface area contributed by atoms with E-state index >= 15 is 0 Å². The number of carbonyl (C=O) groups excluding carboxylic acids is 1. The summed E-state index contributed by atoms with van der Waals surface area (Å²) in [5.74, 6) is -0.656. The quantitative estimate of drug-likeness (QED) is 0.903. The topological polar surface area (TPSA) is 69.6 Å². The van der Waals surface area contributed by atoms with Crippen LogP contribution in [0.25, 0.3) is 10.8 Å². The highest BCUT2D eigenvalue weighted by Gasteiger charge is 2.55. The smallest absolute Gasteiger partial charge is 0.317 e. The molecule has 2 amide bonds. The number of nitrogens with one attached hydrogen (secondary N) is 1. The second-order valence-corrected chi connectivity index (χ2v) is 7.27. The lowest BCUT2D eigenvalue weighted by atomic mass is 9.81. The van der Waals surface area contributed by atoms with E-state index in [1.807, 2.05) is 18.2 Å². The van der Waals surface area contributed by atoms with Crippen molar-refractivity contribution in [2.24, 2.45) is 11.3 Å². The zero-order valence-electron chi connectivity index (χ0n) is 14.1. The lowest BCUT2D eigenvalue weighted by Crippen LogP contribution is -2.41. The number of nitrogens with zero attached hydrogens (tertiary/aromatic N) is 1. The fourth-order valence-electron chi connectivity index (χ4n) is 4.43. The van der Waals surface area contributed by atoms with Crippen LogP contribution < -0.4 is 5.32 Å². The van der Waals surface area contributed by atoms with Crippen molar-refractivity contribution in [3.8, 4) is 0 Å². The number of likely N-dealkylation sites (tertiary alicyclic amines) is 1. The molecular formula is C20H22N2O3. The lowest BCUT2D eigenvalue weighted by Gasteiger charge is -2.23. The molecule has 25 heavy (non-hydrogen) atoms. The number of fused-ring (bicyclic) bond motifs is 2. The minimum atomic E-state index is -0.750. The Bertz CT molecular complexity index is 835. The summed E-state index contributed by atoms with van der Waals surface area (Å²) in [6, 6.07) is 14.1. The number of amides is 2. The Balaban J connectivity index is 1.41. The minimum Gasteiger partial charge on any atom is -0.481 e. The monoisotopic (exact) mass is 338 g/mol. The Morgan fingerprint density at radius 3 is 2.76 bits per heavy atom. The third-order valence-corrected chi connectivity index (χ3v) is 5.84. The second-order valence-electron chi connectivity index (χ2n) is 7.27. The first kappa shape index (κ1) is 15.9. The van der Waals surface area contributed by atoms with Gasteiger partial charge in [0.2, 0.25) is 0 Å². The number of urea groups is 1. The van der Waals surface area contributed by atoms with Gasteiger partial charge in [0.15, 0.2) is 0 Å². The number of carbonyl (C=O) groups is 2. The zero-order chi connectivity index (χ0) is 17.4. The molecule has 0 spiro atoms. The number of carboxylic acids is 1. The van der Waals surface area contributed by atoms with Crippen molar-refractivity contribution in [1.82, 2.24) is 10.2 Å². The summed E-state index contributed by atoms with van der Waals surface area (Å²) >= 11 is 0. The Morgan fingerprint density at radius 2 is 2.00 bits per heavy atom. The van der Waals surface area contributed by atoms with Crippen molar-refractivity contribution >= 4 is 22.8 Å². The van der Waals surface area contributed by atoms with E-state index in [4.69, 9.17) is 0 Å². The van der Waals surface area contributed by atoms with Gasteiger partial charge in [-0.15, -0.1) is 0 Å². The van der Waals surface area contributed by atoms with Crippen LogP contribution in [0, 0.1) is 11.3 Å². The van der Waals surface area contributed by atoms with Crippen LogP contribution in [-0.4, -0.2) is 35.1 Å². The van der Waals surface area contributed by atoms with E-state index in [2.05, 4.69) is 29.6 Å². The van der Waals surface area contributed by atoms with Crippen molar-refractivity contribution in [3.05, 3.63) is 48.0 Å². The molecule has 130 valence electrons. The molecule has 2 N–H and O–H groups in total. The molecule has 0 aromatic heterocycles. The maximum Gasteiger partial charge on any atom is 0.317 e. The number of hydrogen-bond donors (Lipinski definition) is 2. The van der Waals surface area contributed by atoms with Gasteiger partial charge in [-0.1, -0.05) is 42.8 Å². The minimum absolute atomic E-state index is 0.0939. The molecule has 1 saturated heterocycles. The predicted octanol–water partition coefficient (Wildman–Crippen LogP) is 3.24. The molecule has 2 fully saturated rings. The summed E-state index contributed by atoms with van der Waals surface area (Å²) in [6.45, 7) is 1.33. The van der Waals surface area contributed by atoms with Crippen molar-refractivity contribution in [2.45, 2.75) is 25.8 Å². The third-order valence-electron chi connectivity index (χ3n) is 5.84. The average molecular weight is 338 g/mol. The zero-order valence-corrected chi connectivity index (χ0v) is 14.1. The van der Waals surface area contributed by atoms with Gasteiger partial charge in [0.1, 0.15) is 0 Å². The van der Waals surface area contributed by atoms with Crippen LogP contribution in [0.2, 0.25) is 0 Å². The van der Waals surface area contributed by atoms with Crippen molar-refractivity contribution in [3.63, 3.8) is 0 Å². The van der Waals surface area contributed by atoms with Crippen LogP contribution in [0.4, 0.5) is 4.79 Å². The number of aliphatic carboxylic acids is 1. The summed E-state index contributed by atoms with van der Waals surface area (Å²) in [5, 5.41) is 14.9. The fraction of sp³-hybridized carbons (Fsp3) is 0.400. The van der Waals surface area contributed by atoms with Crippen LogP contribution in [-0.2, 0) is 11.3 Å². The van der Waals surface area contributed by atoms with Gasteiger partial charge < -0.3 is 15.3 Å². The predicted molar refractivity (Wildman–Crippen MR) is 95.2 cm³/mol. The van der Waals surface area contributed by atoms with E-state index in [9.17, 15) is 14.7 Å². The Kier molecular flexibility index (Phi) is 3.86. The Hall–Kier alpha value is -2.56. The average Bonchev–Trinajstić information content (AvgIpc) is 3.18. The first-order valence-corrected chi connectivity index (χ1v) is 8.82. The van der Waals surface area contributed by atoms with Crippen LogP contribution in [0.3, 0.4) is 0 Å². The molecule has 0 radical (unpaired) electrons. The summed E-state index contributed by atoms with van der Waals surface area (Å²) in [4.78, 5) is 25.9. The highest BCUT2D eigenvalue weighted by atomic mass is 16.4. The van der Waals surface area contributed by atoms with Crippen LogP contribution in [0.5, 0.6) is 0 Å². The van der Waals surface area contributed by atoms with Crippen molar-refractivity contribution in [2.75, 3.05) is 13.1 Å². The normalized spacial score (nSPS) is 25.1. The molecule has 2 aromatic carbocycles. The van der Waals surface area contributed by atoms with E-state index in [-0.39, 0.29) is 11.9 Å². The van der Waals surface area contributed by atoms with Gasteiger partial charge >= 0.3 is 12.0 Å². The molecule has 0 unspecified atom stereocenters. The third kappa shape index (κ3) is 2.73. The molecular weight excluding hydrogens is 316 g/mol. The van der Waals surface area contributed by atoms with Gasteiger partial charge in [-0.25, -0.2) is 4.79 Å². The van der Waals surface area contributed by atoms with Gasteiger partial charge in [-0.05, 0) is 41.2 Å². The number of carboxylic acid groups (broad SMARTS) is 1. The summed E-state index contributed by atoms with van der Waals surface area (Å²) in [6.07, 6.45) is 2.53. The number of hydrogen-bond acceptors (Lipinski definition) is 2. The van der Waals surface area contributed by atoms with Gasteiger partial charge in [0.05, 0.1) is 5.41 Å². The van der Waals surface area contributed by atoms with Crippen molar-refractivity contribution < 1.29 is 14.7 Å². The SMILES string of the molecule is O=C(NCc1ccc2ccccc2c1)N1C[C@@H]2CCC[C@@]2(C(=O)O)C1. The molecule has 4 rings (SSSR count). The summed E-state index contributed by atoms with van der Waals surface area (Å²) in [5.41, 5.74) is 0.319. The van der Waals surface area contributed by atoms with Gasteiger partial charge in [-0.3, -0.25) is 4.79 Å². The Labute approximate surface area is 146 Å². The van der Waals surface area contributed by atoms with Gasteiger partial charge in [0, 0.05) is 19.6 Å². The molecule has 2 atom stereocenters. The molecule has 1 saturated carbocycles. The van der Waals surface area contributed by atoms with E-state index in [1.54, 1.807) is 4.90 Å². The summed E-state index contributed by atoms with van der Waals surface area (Å²) in [7, 11) is 0. The van der Waals surface area contributed by atoms with E-state index in [0.717, 1.165) is 23.8 Å². The van der Waals surface area contributed by atoms with Gasteiger partial charge in [0.25, 0.3) is 0 Å².